The molecule has 0 saturated heterocycles. The number of nitrogens with two attached hydrogens (primary N) is 1. The van der Waals surface area contributed by atoms with Gasteiger partial charge in [-0.1, -0.05) is 24.9 Å². The van der Waals surface area contributed by atoms with Crippen LogP contribution < -0.4 is 5.73 Å². The average molecular weight is 326 g/mol. The Labute approximate surface area is 136 Å². The normalized spacial score (nSPS) is 16.7. The molecule has 1 aliphatic rings. The quantitative estimate of drug-likeness (QED) is 0.933. The molecule has 1 aliphatic carbocycles. The maximum Gasteiger partial charge on any atom is 0.261 e. The number of aryl methyl sites for hydroxylation is 2. The molecule has 0 unspecified atom stereocenters. The Balaban J connectivity index is 0.00000176. The van der Waals surface area contributed by atoms with E-state index in [1.165, 1.54) is 0 Å². The van der Waals surface area contributed by atoms with Crippen LogP contribution in [0.4, 0.5) is 0 Å². The molecule has 2 heterocycles. The lowest BCUT2D eigenvalue weighted by molar-refractivity contribution is 0.372. The summed E-state index contributed by atoms with van der Waals surface area (Å²) >= 11 is 0. The zero-order valence-corrected chi connectivity index (χ0v) is 14.2. The molecule has 0 bridgehead atoms. The van der Waals surface area contributed by atoms with Crippen molar-refractivity contribution in [3.63, 3.8) is 0 Å². The van der Waals surface area contributed by atoms with Gasteiger partial charge in [-0.3, -0.25) is 4.68 Å². The molecule has 1 saturated carbocycles. The van der Waals surface area contributed by atoms with E-state index in [0.717, 1.165) is 55.6 Å². The molecule has 0 spiro atoms. The predicted octanol–water partition coefficient (Wildman–Crippen LogP) is 3.11. The van der Waals surface area contributed by atoms with E-state index < -0.39 is 5.54 Å². The lowest BCUT2D eigenvalue weighted by Gasteiger charge is -2.17. The smallest absolute Gasteiger partial charge is 0.261 e. The summed E-state index contributed by atoms with van der Waals surface area (Å²) in [6, 6.07) is 0. The van der Waals surface area contributed by atoms with Crippen molar-refractivity contribution in [2.24, 2.45) is 5.73 Å². The summed E-state index contributed by atoms with van der Waals surface area (Å²) in [6.45, 7) is 7.06. The lowest BCUT2D eigenvalue weighted by atomic mass is 9.98. The average Bonchev–Trinajstić information content (AvgIpc) is 3.13. The SMILES string of the molecule is CCCn1nc(C)c(-c2nc(C3(N)CCCC3)no2)c1C.Cl. The van der Waals surface area contributed by atoms with Crippen LogP contribution >= 0.6 is 12.4 Å². The van der Waals surface area contributed by atoms with Gasteiger partial charge in [0.2, 0.25) is 0 Å². The van der Waals surface area contributed by atoms with Gasteiger partial charge in [-0.05, 0) is 33.1 Å². The fourth-order valence-electron chi connectivity index (χ4n) is 3.19. The van der Waals surface area contributed by atoms with E-state index >= 15 is 0 Å². The molecule has 22 heavy (non-hydrogen) atoms. The Morgan fingerprint density at radius 3 is 2.59 bits per heavy atom. The largest absolute Gasteiger partial charge is 0.334 e. The van der Waals surface area contributed by atoms with Crippen LogP contribution in [-0.4, -0.2) is 19.9 Å². The minimum atomic E-state index is -0.414. The molecule has 0 amide bonds. The second-order valence-electron chi connectivity index (χ2n) is 6.06. The first-order chi connectivity index (χ1) is 10.0. The van der Waals surface area contributed by atoms with Gasteiger partial charge in [0, 0.05) is 12.2 Å². The molecule has 0 radical (unpaired) electrons. The summed E-state index contributed by atoms with van der Waals surface area (Å²) in [5.41, 5.74) is 8.93. The van der Waals surface area contributed by atoms with E-state index in [0.29, 0.717) is 11.7 Å². The van der Waals surface area contributed by atoms with Crippen LogP contribution in [0.5, 0.6) is 0 Å². The van der Waals surface area contributed by atoms with Crippen molar-refractivity contribution >= 4 is 12.4 Å². The molecule has 122 valence electrons. The first-order valence-corrected chi connectivity index (χ1v) is 7.72. The van der Waals surface area contributed by atoms with Crippen LogP contribution in [0.1, 0.15) is 56.2 Å². The molecule has 7 heteroatoms. The molecule has 0 aliphatic heterocycles. The first-order valence-electron chi connectivity index (χ1n) is 7.72. The van der Waals surface area contributed by atoms with Crippen molar-refractivity contribution in [1.82, 2.24) is 19.9 Å². The molecule has 6 nitrogen and oxygen atoms in total. The van der Waals surface area contributed by atoms with Crippen molar-refractivity contribution in [3.8, 4) is 11.5 Å². The summed E-state index contributed by atoms with van der Waals surface area (Å²) < 4.78 is 7.49. The number of hydrogen-bond donors (Lipinski definition) is 1. The Morgan fingerprint density at radius 2 is 1.95 bits per heavy atom. The highest BCUT2D eigenvalue weighted by molar-refractivity contribution is 5.85. The Hall–Kier alpha value is -1.40. The predicted molar refractivity (Wildman–Crippen MR) is 86.9 cm³/mol. The summed E-state index contributed by atoms with van der Waals surface area (Å²) in [5.74, 6) is 1.18. The van der Waals surface area contributed by atoms with Crippen LogP contribution in [0.15, 0.2) is 4.52 Å². The third-order valence-corrected chi connectivity index (χ3v) is 4.40. The van der Waals surface area contributed by atoms with Crippen LogP contribution in [0.3, 0.4) is 0 Å². The van der Waals surface area contributed by atoms with Gasteiger partial charge < -0.3 is 10.3 Å². The number of halogens is 1. The van der Waals surface area contributed by atoms with Gasteiger partial charge in [-0.2, -0.15) is 10.1 Å². The van der Waals surface area contributed by atoms with Gasteiger partial charge in [0.1, 0.15) is 0 Å². The Kier molecular flexibility index (Phi) is 4.92. The van der Waals surface area contributed by atoms with Crippen LogP contribution in [0, 0.1) is 13.8 Å². The lowest BCUT2D eigenvalue weighted by Crippen LogP contribution is -2.34. The van der Waals surface area contributed by atoms with E-state index in [1.807, 2.05) is 18.5 Å². The third kappa shape index (κ3) is 2.77. The molecule has 0 aromatic carbocycles. The summed E-state index contributed by atoms with van der Waals surface area (Å²) in [6.07, 6.45) is 5.17. The highest BCUT2D eigenvalue weighted by atomic mass is 35.5. The van der Waals surface area contributed by atoms with E-state index in [1.54, 1.807) is 0 Å². The molecule has 2 aromatic heterocycles. The van der Waals surface area contributed by atoms with Gasteiger partial charge in [-0.15, -0.1) is 12.4 Å². The highest BCUT2D eigenvalue weighted by Gasteiger charge is 2.36. The van der Waals surface area contributed by atoms with Crippen molar-refractivity contribution in [2.75, 3.05) is 0 Å². The first kappa shape index (κ1) is 17.0. The van der Waals surface area contributed by atoms with Crippen molar-refractivity contribution in [2.45, 2.75) is 65.0 Å². The van der Waals surface area contributed by atoms with Crippen LogP contribution in [-0.2, 0) is 12.1 Å². The fraction of sp³-hybridized carbons (Fsp3) is 0.667. The summed E-state index contributed by atoms with van der Waals surface area (Å²) in [4.78, 5) is 4.57. The molecule has 0 atom stereocenters. The van der Waals surface area contributed by atoms with E-state index in [2.05, 4.69) is 22.2 Å². The van der Waals surface area contributed by atoms with Crippen molar-refractivity contribution in [1.29, 1.82) is 0 Å². The van der Waals surface area contributed by atoms with Gasteiger partial charge in [0.05, 0.1) is 16.8 Å². The number of rotatable bonds is 4. The second-order valence-corrected chi connectivity index (χ2v) is 6.06. The molecule has 2 aromatic rings. The Bertz CT molecular complexity index is 642. The molecule has 1 fully saturated rings. The third-order valence-electron chi connectivity index (χ3n) is 4.40. The molecule has 3 rings (SSSR count). The van der Waals surface area contributed by atoms with Gasteiger partial charge in [0.15, 0.2) is 5.82 Å². The van der Waals surface area contributed by atoms with Crippen LogP contribution in [0.25, 0.3) is 11.5 Å². The van der Waals surface area contributed by atoms with E-state index in [9.17, 15) is 0 Å². The number of nitrogens with zero attached hydrogens (tertiary/aromatic N) is 4. The number of hydrogen-bond acceptors (Lipinski definition) is 5. The molecular weight excluding hydrogens is 302 g/mol. The van der Waals surface area contributed by atoms with Gasteiger partial charge in [-0.25, -0.2) is 0 Å². The fourth-order valence-corrected chi connectivity index (χ4v) is 3.19. The highest BCUT2D eigenvalue weighted by Crippen LogP contribution is 2.36. The summed E-state index contributed by atoms with van der Waals surface area (Å²) in [7, 11) is 0. The van der Waals surface area contributed by atoms with Gasteiger partial charge >= 0.3 is 0 Å². The zero-order valence-electron chi connectivity index (χ0n) is 13.4. The van der Waals surface area contributed by atoms with E-state index in [4.69, 9.17) is 10.3 Å². The molecule has 2 N–H and O–H groups in total. The van der Waals surface area contributed by atoms with Gasteiger partial charge in [0.25, 0.3) is 5.89 Å². The standard InChI is InChI=1S/C15H23N5O.ClH/c1-4-9-20-11(3)12(10(2)18-20)13-17-14(19-21-13)15(16)7-5-6-8-15;/h4-9,16H2,1-3H3;1H. The Morgan fingerprint density at radius 1 is 1.27 bits per heavy atom. The van der Waals surface area contributed by atoms with Crippen molar-refractivity contribution < 1.29 is 4.52 Å². The second kappa shape index (κ2) is 6.38. The summed E-state index contributed by atoms with van der Waals surface area (Å²) in [5, 5.41) is 8.69. The van der Waals surface area contributed by atoms with E-state index in [-0.39, 0.29) is 12.4 Å². The zero-order chi connectivity index (χ0) is 15.0. The monoisotopic (exact) mass is 325 g/mol. The number of aromatic nitrogens is 4. The van der Waals surface area contributed by atoms with Crippen molar-refractivity contribution in [3.05, 3.63) is 17.2 Å². The van der Waals surface area contributed by atoms with Crippen LogP contribution in [0.2, 0.25) is 0 Å². The minimum Gasteiger partial charge on any atom is -0.334 e. The maximum absolute atomic E-state index is 6.39. The maximum atomic E-state index is 6.39. The topological polar surface area (TPSA) is 82.8 Å². The minimum absolute atomic E-state index is 0. The molecular formula is C15H24ClN5O.